The van der Waals surface area contributed by atoms with Crippen LogP contribution in [-0.2, 0) is 4.74 Å². The molecule has 0 aliphatic carbocycles. The number of carbonyl (C=O) groups excluding carboxylic acids is 1. The van der Waals surface area contributed by atoms with Gasteiger partial charge in [-0.3, -0.25) is 10.1 Å². The minimum absolute atomic E-state index is 0.161. The topological polar surface area (TPSA) is 67.9 Å². The lowest BCUT2D eigenvalue weighted by Gasteiger charge is -2.04. The Morgan fingerprint density at radius 1 is 1.50 bits per heavy atom. The third kappa shape index (κ3) is 2.22. The molecule has 0 spiro atoms. The Labute approximate surface area is 109 Å². The molecule has 0 aliphatic rings. The molecule has 0 saturated heterocycles. The van der Waals surface area contributed by atoms with Crippen LogP contribution in [0.1, 0.15) is 22.8 Å². The maximum atomic E-state index is 11.8. The Balaban J connectivity index is 2.53. The number of nitrogens with one attached hydrogen (secondary N) is 1. The number of aromatic amines is 1. The van der Waals surface area contributed by atoms with Crippen molar-refractivity contribution in [2.45, 2.75) is 13.8 Å². The van der Waals surface area contributed by atoms with Crippen LogP contribution in [0.25, 0.3) is 11.4 Å². The summed E-state index contributed by atoms with van der Waals surface area (Å²) in [5.41, 5.74) is 2.16. The van der Waals surface area contributed by atoms with Gasteiger partial charge in [0.05, 0.1) is 12.3 Å². The van der Waals surface area contributed by atoms with Crippen LogP contribution in [0.3, 0.4) is 0 Å². The second-order valence-electron chi connectivity index (χ2n) is 3.65. The minimum atomic E-state index is -0.503. The lowest BCUT2D eigenvalue weighted by atomic mass is 10.1. The van der Waals surface area contributed by atoms with Gasteiger partial charge in [-0.1, -0.05) is 17.7 Å². The molecule has 2 aromatic rings. The van der Waals surface area contributed by atoms with E-state index < -0.39 is 5.97 Å². The number of carbonyl (C=O) groups is 1. The van der Waals surface area contributed by atoms with Gasteiger partial charge in [0.1, 0.15) is 16.4 Å². The van der Waals surface area contributed by atoms with Crippen molar-refractivity contribution in [3.05, 3.63) is 34.6 Å². The molecule has 0 amide bonds. The van der Waals surface area contributed by atoms with Gasteiger partial charge in [0.25, 0.3) is 0 Å². The van der Waals surface area contributed by atoms with Crippen LogP contribution >= 0.6 is 11.6 Å². The molecule has 0 aliphatic heterocycles. The van der Waals surface area contributed by atoms with Crippen molar-refractivity contribution in [1.29, 1.82) is 0 Å². The summed E-state index contributed by atoms with van der Waals surface area (Å²) in [5.74, 6) is -0.503. The first-order chi connectivity index (χ1) is 8.65. The highest BCUT2D eigenvalue weighted by Gasteiger charge is 2.23. The largest absolute Gasteiger partial charge is 0.462 e. The van der Waals surface area contributed by atoms with E-state index in [0.29, 0.717) is 11.4 Å². The van der Waals surface area contributed by atoms with Gasteiger partial charge in [0, 0.05) is 6.20 Å². The lowest BCUT2D eigenvalue weighted by molar-refractivity contribution is 0.0527. The van der Waals surface area contributed by atoms with Crippen molar-refractivity contribution < 1.29 is 9.53 Å². The minimum Gasteiger partial charge on any atom is -0.462 e. The van der Waals surface area contributed by atoms with Gasteiger partial charge in [-0.05, 0) is 25.5 Å². The highest BCUT2D eigenvalue weighted by atomic mass is 35.5. The van der Waals surface area contributed by atoms with Gasteiger partial charge in [0.15, 0.2) is 0 Å². The summed E-state index contributed by atoms with van der Waals surface area (Å²) in [5, 5.41) is 6.77. The zero-order chi connectivity index (χ0) is 13.1. The maximum absolute atomic E-state index is 11.8. The molecule has 2 aromatic heterocycles. The zero-order valence-electron chi connectivity index (χ0n) is 10.0. The molecule has 0 fully saturated rings. The normalized spacial score (nSPS) is 10.4. The van der Waals surface area contributed by atoms with Gasteiger partial charge in [0.2, 0.25) is 0 Å². The molecule has 0 saturated carbocycles. The van der Waals surface area contributed by atoms with E-state index in [2.05, 4.69) is 15.2 Å². The Hall–Kier alpha value is -1.88. The predicted molar refractivity (Wildman–Crippen MR) is 67.5 cm³/mol. The van der Waals surface area contributed by atoms with Crippen LogP contribution in [0, 0.1) is 6.92 Å². The fourth-order valence-corrected chi connectivity index (χ4v) is 1.82. The van der Waals surface area contributed by atoms with E-state index in [4.69, 9.17) is 16.3 Å². The van der Waals surface area contributed by atoms with E-state index in [-0.39, 0.29) is 17.3 Å². The smallest absolute Gasteiger partial charge is 0.343 e. The first kappa shape index (κ1) is 12.6. The summed E-state index contributed by atoms with van der Waals surface area (Å²) < 4.78 is 4.96. The molecule has 0 radical (unpaired) electrons. The lowest BCUT2D eigenvalue weighted by Crippen LogP contribution is -2.06. The zero-order valence-corrected chi connectivity index (χ0v) is 10.8. The third-order valence-electron chi connectivity index (χ3n) is 2.44. The quantitative estimate of drug-likeness (QED) is 0.866. The number of halogens is 1. The molecule has 2 heterocycles. The molecule has 0 unspecified atom stereocenters. The van der Waals surface area contributed by atoms with E-state index in [9.17, 15) is 4.79 Å². The van der Waals surface area contributed by atoms with Crippen LogP contribution in [0.2, 0.25) is 5.15 Å². The fraction of sp³-hybridized carbons (Fsp3) is 0.250. The van der Waals surface area contributed by atoms with Crippen LogP contribution < -0.4 is 0 Å². The van der Waals surface area contributed by atoms with E-state index in [1.807, 2.05) is 19.1 Å². The molecule has 0 atom stereocenters. The highest BCUT2D eigenvalue weighted by molar-refractivity contribution is 6.33. The summed E-state index contributed by atoms with van der Waals surface area (Å²) in [7, 11) is 0. The number of hydrogen-bond donors (Lipinski definition) is 1. The number of nitrogens with zero attached hydrogens (tertiary/aromatic N) is 2. The van der Waals surface area contributed by atoms with Gasteiger partial charge >= 0.3 is 5.97 Å². The number of aromatic nitrogens is 3. The average molecular weight is 266 g/mol. The van der Waals surface area contributed by atoms with Crippen molar-refractivity contribution in [3.63, 3.8) is 0 Å². The summed E-state index contributed by atoms with van der Waals surface area (Å²) in [6.45, 7) is 3.90. The van der Waals surface area contributed by atoms with Crippen molar-refractivity contribution in [1.82, 2.24) is 15.2 Å². The maximum Gasteiger partial charge on any atom is 0.343 e. The number of H-pyrrole nitrogens is 1. The van der Waals surface area contributed by atoms with Crippen LogP contribution in [0.15, 0.2) is 18.3 Å². The van der Waals surface area contributed by atoms with E-state index >= 15 is 0 Å². The van der Waals surface area contributed by atoms with Crippen LogP contribution in [0.4, 0.5) is 0 Å². The molecule has 5 nitrogen and oxygen atoms in total. The molecule has 0 aromatic carbocycles. The molecule has 0 bridgehead atoms. The van der Waals surface area contributed by atoms with Gasteiger partial charge in [-0.2, -0.15) is 5.10 Å². The fourth-order valence-electron chi connectivity index (χ4n) is 1.62. The second-order valence-corrected chi connectivity index (χ2v) is 4.03. The van der Waals surface area contributed by atoms with Crippen LogP contribution in [-0.4, -0.2) is 27.8 Å². The summed E-state index contributed by atoms with van der Waals surface area (Å²) in [4.78, 5) is 16.1. The van der Waals surface area contributed by atoms with Gasteiger partial charge in [-0.25, -0.2) is 4.79 Å². The Morgan fingerprint density at radius 2 is 2.28 bits per heavy atom. The number of esters is 1. The first-order valence-corrected chi connectivity index (χ1v) is 5.86. The number of ether oxygens (including phenoxy) is 1. The van der Waals surface area contributed by atoms with Gasteiger partial charge in [-0.15, -0.1) is 0 Å². The second kappa shape index (κ2) is 5.18. The molecule has 94 valence electrons. The van der Waals surface area contributed by atoms with Crippen molar-refractivity contribution in [2.75, 3.05) is 6.61 Å². The predicted octanol–water partition coefficient (Wildman–Crippen LogP) is 2.61. The van der Waals surface area contributed by atoms with E-state index in [0.717, 1.165) is 5.56 Å². The summed E-state index contributed by atoms with van der Waals surface area (Å²) >= 11 is 5.93. The summed E-state index contributed by atoms with van der Waals surface area (Å²) in [6.07, 6.45) is 1.64. The molecule has 1 N–H and O–H groups in total. The Morgan fingerprint density at radius 3 is 2.94 bits per heavy atom. The third-order valence-corrected chi connectivity index (χ3v) is 2.71. The first-order valence-electron chi connectivity index (χ1n) is 5.48. The molecule has 18 heavy (non-hydrogen) atoms. The number of aryl methyl sites for hydroxylation is 1. The molecular formula is C12H12ClN3O2. The van der Waals surface area contributed by atoms with E-state index in [1.54, 1.807) is 13.1 Å². The number of rotatable bonds is 3. The average Bonchev–Trinajstić information content (AvgIpc) is 2.72. The van der Waals surface area contributed by atoms with Crippen molar-refractivity contribution in [2.24, 2.45) is 0 Å². The Bertz CT molecular complexity index is 580. The molecule has 6 heteroatoms. The van der Waals surface area contributed by atoms with Gasteiger partial charge < -0.3 is 4.74 Å². The summed E-state index contributed by atoms with van der Waals surface area (Å²) in [6, 6.07) is 3.71. The SMILES string of the molecule is CCOC(=O)c1c(-c2ncccc2C)n[nH]c1Cl. The van der Waals surface area contributed by atoms with Crippen molar-refractivity contribution in [3.8, 4) is 11.4 Å². The Kier molecular flexibility index (Phi) is 3.62. The number of pyridine rings is 1. The molecule has 2 rings (SSSR count). The number of hydrogen-bond acceptors (Lipinski definition) is 4. The van der Waals surface area contributed by atoms with Crippen LogP contribution in [0.5, 0.6) is 0 Å². The highest BCUT2D eigenvalue weighted by Crippen LogP contribution is 2.27. The molecular weight excluding hydrogens is 254 g/mol. The van der Waals surface area contributed by atoms with Crippen molar-refractivity contribution >= 4 is 17.6 Å². The van der Waals surface area contributed by atoms with E-state index in [1.165, 1.54) is 0 Å². The monoisotopic (exact) mass is 265 g/mol. The standard InChI is InChI=1S/C12H12ClN3O2/c1-3-18-12(17)8-10(15-16-11(8)13)9-7(2)5-4-6-14-9/h4-6H,3H2,1-2H3,(H,15,16).